The molecule has 18 heavy (non-hydrogen) atoms. The van der Waals surface area contributed by atoms with Crippen LogP contribution in [0.2, 0.25) is 0 Å². The highest BCUT2D eigenvalue weighted by Gasteiger charge is 2.11. The van der Waals surface area contributed by atoms with Crippen molar-refractivity contribution in [3.63, 3.8) is 0 Å². The summed E-state index contributed by atoms with van der Waals surface area (Å²) >= 11 is 0. The monoisotopic (exact) mass is 247 g/mol. The summed E-state index contributed by atoms with van der Waals surface area (Å²) in [6.45, 7) is 8.55. The van der Waals surface area contributed by atoms with Crippen molar-refractivity contribution in [3.8, 4) is 0 Å². The highest BCUT2D eigenvalue weighted by Crippen LogP contribution is 2.14. The van der Waals surface area contributed by atoms with Gasteiger partial charge in [-0.15, -0.1) is 0 Å². The van der Waals surface area contributed by atoms with Gasteiger partial charge >= 0.3 is 0 Å². The van der Waals surface area contributed by atoms with E-state index < -0.39 is 0 Å². The Labute approximate surface area is 108 Å². The zero-order valence-corrected chi connectivity index (χ0v) is 11.3. The summed E-state index contributed by atoms with van der Waals surface area (Å²) in [6, 6.07) is 0. The second kappa shape index (κ2) is 5.35. The minimum Gasteiger partial charge on any atom is -0.333 e. The van der Waals surface area contributed by atoms with Crippen molar-refractivity contribution in [3.05, 3.63) is 35.2 Å². The zero-order valence-electron chi connectivity index (χ0n) is 11.3. The van der Waals surface area contributed by atoms with E-state index in [2.05, 4.69) is 28.5 Å². The molecule has 0 bridgehead atoms. The van der Waals surface area contributed by atoms with Crippen LogP contribution in [0.15, 0.2) is 12.5 Å². The molecule has 98 valence electrons. The molecule has 0 aliphatic rings. The van der Waals surface area contributed by atoms with Crippen LogP contribution in [0, 0.1) is 13.8 Å². The predicted molar refractivity (Wildman–Crippen MR) is 71.2 cm³/mol. The van der Waals surface area contributed by atoms with E-state index in [0.29, 0.717) is 6.54 Å². The van der Waals surface area contributed by atoms with Crippen molar-refractivity contribution in [2.45, 2.75) is 46.8 Å². The van der Waals surface area contributed by atoms with Crippen LogP contribution in [0.3, 0.4) is 0 Å². The molecular weight excluding hydrogens is 226 g/mol. The van der Waals surface area contributed by atoms with Gasteiger partial charge in [-0.25, -0.2) is 4.98 Å². The van der Waals surface area contributed by atoms with E-state index >= 15 is 0 Å². The fourth-order valence-corrected chi connectivity index (χ4v) is 2.26. The van der Waals surface area contributed by atoms with Crippen LogP contribution in [-0.2, 0) is 19.6 Å². The lowest BCUT2D eigenvalue weighted by molar-refractivity contribution is 0.585. The van der Waals surface area contributed by atoms with E-state index in [4.69, 9.17) is 5.73 Å². The molecule has 2 aromatic heterocycles. The molecule has 0 aromatic carbocycles. The minimum absolute atomic E-state index is 0.548. The summed E-state index contributed by atoms with van der Waals surface area (Å²) in [4.78, 5) is 4.21. The van der Waals surface area contributed by atoms with Gasteiger partial charge in [0.05, 0.1) is 30.5 Å². The summed E-state index contributed by atoms with van der Waals surface area (Å²) < 4.78 is 4.19. The second-order valence-electron chi connectivity index (χ2n) is 4.59. The van der Waals surface area contributed by atoms with Crippen LogP contribution in [0.1, 0.15) is 36.0 Å². The number of aromatic nitrogens is 4. The van der Waals surface area contributed by atoms with Gasteiger partial charge in [0.15, 0.2) is 0 Å². The lowest BCUT2D eigenvalue weighted by Gasteiger charge is -2.08. The summed E-state index contributed by atoms with van der Waals surface area (Å²) in [6.07, 6.45) is 4.90. The fraction of sp³-hybridized carbons (Fsp3) is 0.538. The molecule has 0 radical (unpaired) electrons. The largest absolute Gasteiger partial charge is 0.333 e. The van der Waals surface area contributed by atoms with Gasteiger partial charge in [-0.2, -0.15) is 5.10 Å². The van der Waals surface area contributed by atoms with Crippen LogP contribution < -0.4 is 5.73 Å². The van der Waals surface area contributed by atoms with Gasteiger partial charge in [0.2, 0.25) is 0 Å². The molecule has 5 nitrogen and oxygen atoms in total. The molecule has 0 unspecified atom stereocenters. The third kappa shape index (κ3) is 2.31. The smallest absolute Gasteiger partial charge is 0.0948 e. The third-order valence-electron chi connectivity index (χ3n) is 3.31. The Morgan fingerprint density at radius 1 is 1.33 bits per heavy atom. The molecule has 0 atom stereocenters. The number of nitrogens with two attached hydrogens (primary N) is 1. The molecule has 0 fully saturated rings. The first-order valence-electron chi connectivity index (χ1n) is 6.39. The summed E-state index contributed by atoms with van der Waals surface area (Å²) in [5, 5.41) is 4.55. The minimum atomic E-state index is 0.548. The van der Waals surface area contributed by atoms with E-state index in [1.165, 1.54) is 5.69 Å². The van der Waals surface area contributed by atoms with Crippen LogP contribution in [-0.4, -0.2) is 19.3 Å². The van der Waals surface area contributed by atoms with E-state index in [9.17, 15) is 0 Å². The normalized spacial score (nSPS) is 11.1. The van der Waals surface area contributed by atoms with Gasteiger partial charge < -0.3 is 10.3 Å². The SMILES string of the molecule is CCCn1cncc1Cn1nc(C)c(CN)c1C. The van der Waals surface area contributed by atoms with E-state index in [1.807, 2.05) is 24.1 Å². The molecule has 5 heteroatoms. The summed E-state index contributed by atoms with van der Waals surface area (Å²) in [5.74, 6) is 0. The fourth-order valence-electron chi connectivity index (χ4n) is 2.26. The zero-order chi connectivity index (χ0) is 13.1. The predicted octanol–water partition coefficient (Wildman–Crippen LogP) is 1.61. The van der Waals surface area contributed by atoms with Gasteiger partial charge in [-0.05, 0) is 20.3 Å². The Hall–Kier alpha value is -1.62. The van der Waals surface area contributed by atoms with Gasteiger partial charge in [0, 0.05) is 24.3 Å². The maximum atomic E-state index is 5.74. The molecule has 0 aliphatic heterocycles. The van der Waals surface area contributed by atoms with Crippen molar-refractivity contribution in [1.82, 2.24) is 19.3 Å². The second-order valence-corrected chi connectivity index (χ2v) is 4.59. The van der Waals surface area contributed by atoms with Crippen molar-refractivity contribution >= 4 is 0 Å². The average molecular weight is 247 g/mol. The van der Waals surface area contributed by atoms with Crippen molar-refractivity contribution in [2.75, 3.05) is 0 Å². The van der Waals surface area contributed by atoms with Gasteiger partial charge in [-0.3, -0.25) is 4.68 Å². The number of rotatable bonds is 5. The molecular formula is C13H21N5. The first-order chi connectivity index (χ1) is 8.67. The number of hydrogen-bond acceptors (Lipinski definition) is 3. The Morgan fingerprint density at radius 2 is 2.11 bits per heavy atom. The Kier molecular flexibility index (Phi) is 3.81. The van der Waals surface area contributed by atoms with Gasteiger partial charge in [0.1, 0.15) is 0 Å². The Balaban J connectivity index is 2.26. The van der Waals surface area contributed by atoms with Gasteiger partial charge in [-0.1, -0.05) is 6.92 Å². The van der Waals surface area contributed by atoms with Crippen LogP contribution >= 0.6 is 0 Å². The molecule has 0 saturated heterocycles. The average Bonchev–Trinajstić information content (AvgIpc) is 2.87. The molecule has 0 aliphatic carbocycles. The number of aryl methyl sites for hydroxylation is 2. The van der Waals surface area contributed by atoms with E-state index in [0.717, 1.165) is 36.5 Å². The number of imidazole rings is 1. The van der Waals surface area contributed by atoms with Crippen molar-refractivity contribution < 1.29 is 0 Å². The first kappa shape index (κ1) is 12.8. The maximum Gasteiger partial charge on any atom is 0.0948 e. The number of hydrogen-bond donors (Lipinski definition) is 1. The summed E-state index contributed by atoms with van der Waals surface area (Å²) in [5.41, 5.74) is 10.3. The van der Waals surface area contributed by atoms with Gasteiger partial charge in [0.25, 0.3) is 0 Å². The van der Waals surface area contributed by atoms with Crippen LogP contribution in [0.5, 0.6) is 0 Å². The number of nitrogens with zero attached hydrogens (tertiary/aromatic N) is 4. The Bertz CT molecular complexity index is 523. The molecule has 2 rings (SSSR count). The lowest BCUT2D eigenvalue weighted by atomic mass is 10.2. The van der Waals surface area contributed by atoms with Crippen LogP contribution in [0.4, 0.5) is 0 Å². The lowest BCUT2D eigenvalue weighted by Crippen LogP contribution is -2.10. The van der Waals surface area contributed by atoms with Crippen molar-refractivity contribution in [1.29, 1.82) is 0 Å². The topological polar surface area (TPSA) is 61.7 Å². The highest BCUT2D eigenvalue weighted by atomic mass is 15.3. The quantitative estimate of drug-likeness (QED) is 0.873. The molecule has 0 spiro atoms. The standard InChI is InChI=1S/C13H21N5/c1-4-5-17-9-15-7-12(17)8-18-11(3)13(6-14)10(2)16-18/h7,9H,4-6,8,14H2,1-3H3. The van der Waals surface area contributed by atoms with Crippen molar-refractivity contribution in [2.24, 2.45) is 5.73 Å². The maximum absolute atomic E-state index is 5.74. The molecule has 2 heterocycles. The first-order valence-corrected chi connectivity index (χ1v) is 6.39. The van der Waals surface area contributed by atoms with E-state index in [1.54, 1.807) is 0 Å². The summed E-state index contributed by atoms with van der Waals surface area (Å²) in [7, 11) is 0. The highest BCUT2D eigenvalue weighted by molar-refractivity contribution is 5.24. The van der Waals surface area contributed by atoms with Crippen LogP contribution in [0.25, 0.3) is 0 Å². The third-order valence-corrected chi connectivity index (χ3v) is 3.31. The molecule has 0 amide bonds. The molecule has 2 N–H and O–H groups in total. The Morgan fingerprint density at radius 3 is 2.72 bits per heavy atom. The van der Waals surface area contributed by atoms with E-state index in [-0.39, 0.29) is 0 Å². The molecule has 0 saturated carbocycles. The molecule has 2 aromatic rings.